The van der Waals surface area contributed by atoms with Gasteiger partial charge in [-0.2, -0.15) is 0 Å². The third-order valence-corrected chi connectivity index (χ3v) is 5.80. The number of Topliss-reactive ketones (excluding diaryl/α,β-unsaturated/α-hetero) is 1. The van der Waals surface area contributed by atoms with Crippen molar-refractivity contribution in [1.29, 1.82) is 0 Å². The average Bonchev–Trinajstić information content (AvgIpc) is 2.36. The van der Waals surface area contributed by atoms with Crippen LogP contribution in [0.1, 0.15) is 54.4 Å². The fraction of sp³-hybridized carbons (Fsp3) is 0.611. The molecule has 0 spiro atoms. The van der Waals surface area contributed by atoms with Crippen molar-refractivity contribution < 1.29 is 4.79 Å². The van der Waals surface area contributed by atoms with E-state index in [2.05, 4.69) is 19.1 Å². The minimum Gasteiger partial charge on any atom is -0.294 e. The maximum absolute atomic E-state index is 13.1. The van der Waals surface area contributed by atoms with Crippen molar-refractivity contribution in [1.82, 2.24) is 0 Å². The highest BCUT2D eigenvalue weighted by Crippen LogP contribution is 2.60. The summed E-state index contributed by atoms with van der Waals surface area (Å²) in [4.78, 5) is 13.1. The van der Waals surface area contributed by atoms with E-state index in [1.54, 1.807) is 0 Å². The Morgan fingerprint density at radius 3 is 2.16 bits per heavy atom. The normalized spacial score (nSPS) is 39.5. The Morgan fingerprint density at radius 2 is 1.63 bits per heavy atom. The molecule has 1 aromatic rings. The average molecular weight is 254 g/mol. The van der Waals surface area contributed by atoms with Crippen LogP contribution in [0.3, 0.4) is 0 Å². The van der Waals surface area contributed by atoms with Crippen molar-refractivity contribution in [3.05, 3.63) is 35.4 Å². The second-order valence-corrected chi connectivity index (χ2v) is 7.40. The number of ketones is 1. The first-order valence-electron chi connectivity index (χ1n) is 7.76. The molecule has 100 valence electrons. The van der Waals surface area contributed by atoms with Crippen LogP contribution in [0.4, 0.5) is 0 Å². The second kappa shape index (κ2) is 3.94. The van der Waals surface area contributed by atoms with Crippen molar-refractivity contribution in [3.63, 3.8) is 0 Å². The van der Waals surface area contributed by atoms with Gasteiger partial charge in [0.15, 0.2) is 5.78 Å². The molecule has 0 saturated heterocycles. The number of hydrogen-bond donors (Lipinski definition) is 0. The highest BCUT2D eigenvalue weighted by Gasteiger charge is 2.54. The molecule has 4 aliphatic carbocycles. The van der Waals surface area contributed by atoms with Gasteiger partial charge in [0, 0.05) is 11.0 Å². The molecule has 0 heterocycles. The molecule has 0 amide bonds. The van der Waals surface area contributed by atoms with E-state index in [0.29, 0.717) is 5.78 Å². The molecule has 0 radical (unpaired) electrons. The third kappa shape index (κ3) is 1.78. The summed E-state index contributed by atoms with van der Waals surface area (Å²) in [6, 6.07) is 8.22. The molecule has 0 aliphatic heterocycles. The zero-order valence-corrected chi connectivity index (χ0v) is 11.7. The summed E-state index contributed by atoms with van der Waals surface area (Å²) >= 11 is 0. The summed E-state index contributed by atoms with van der Waals surface area (Å²) in [7, 11) is 0. The highest BCUT2D eigenvalue weighted by molar-refractivity contribution is 6.01. The summed E-state index contributed by atoms with van der Waals surface area (Å²) in [5.41, 5.74) is 2.18. The Labute approximate surface area is 115 Å². The summed E-state index contributed by atoms with van der Waals surface area (Å²) in [6.07, 6.45) is 7.73. The van der Waals surface area contributed by atoms with Gasteiger partial charge in [-0.3, -0.25) is 4.79 Å². The molecule has 0 aromatic heterocycles. The van der Waals surface area contributed by atoms with Crippen molar-refractivity contribution in [2.45, 2.75) is 45.4 Å². The van der Waals surface area contributed by atoms with Gasteiger partial charge in [0.05, 0.1) is 0 Å². The number of carbonyl (C=O) groups excluding carboxylic acids is 1. The van der Waals surface area contributed by atoms with Gasteiger partial charge in [-0.25, -0.2) is 0 Å². The first-order valence-corrected chi connectivity index (χ1v) is 7.76. The number of aryl methyl sites for hydroxylation is 1. The summed E-state index contributed by atoms with van der Waals surface area (Å²) < 4.78 is 0. The molecule has 4 saturated carbocycles. The fourth-order valence-electron chi connectivity index (χ4n) is 5.48. The molecule has 0 N–H and O–H groups in total. The monoisotopic (exact) mass is 254 g/mol. The molecule has 4 aliphatic rings. The fourth-order valence-corrected chi connectivity index (χ4v) is 5.48. The van der Waals surface area contributed by atoms with Gasteiger partial charge in [-0.05, 0) is 69.3 Å². The van der Waals surface area contributed by atoms with Crippen LogP contribution >= 0.6 is 0 Å². The van der Waals surface area contributed by atoms with Gasteiger partial charge in [0.2, 0.25) is 0 Å². The van der Waals surface area contributed by atoms with E-state index < -0.39 is 0 Å². The zero-order valence-electron chi connectivity index (χ0n) is 11.7. The molecule has 0 atom stereocenters. The van der Waals surface area contributed by atoms with E-state index in [0.717, 1.165) is 23.3 Å². The topological polar surface area (TPSA) is 17.1 Å². The lowest BCUT2D eigenvalue weighted by atomic mass is 9.48. The van der Waals surface area contributed by atoms with E-state index >= 15 is 0 Å². The van der Waals surface area contributed by atoms with Crippen LogP contribution in [0.25, 0.3) is 0 Å². The molecular formula is C18H22O. The molecule has 1 aromatic carbocycles. The number of carbonyl (C=O) groups is 1. The van der Waals surface area contributed by atoms with Crippen molar-refractivity contribution in [3.8, 4) is 0 Å². The Morgan fingerprint density at radius 1 is 1.05 bits per heavy atom. The Hall–Kier alpha value is -1.11. The van der Waals surface area contributed by atoms with Crippen LogP contribution in [0, 0.1) is 30.1 Å². The standard InChI is InChI=1S/C18H22O/c1-12-3-2-4-16(5-12)17(19)18-9-13-6-14(10-18)8-15(7-13)11-18/h2-5,13-15H,6-11H2,1H3. The van der Waals surface area contributed by atoms with E-state index in [1.165, 1.54) is 44.1 Å². The lowest BCUT2D eigenvalue weighted by Crippen LogP contribution is -2.50. The maximum Gasteiger partial charge on any atom is 0.169 e. The van der Waals surface area contributed by atoms with Crippen molar-refractivity contribution in [2.24, 2.45) is 23.2 Å². The van der Waals surface area contributed by atoms with Crippen LogP contribution in [0.15, 0.2) is 24.3 Å². The quantitative estimate of drug-likeness (QED) is 0.715. The molecule has 19 heavy (non-hydrogen) atoms. The van der Waals surface area contributed by atoms with E-state index in [-0.39, 0.29) is 5.41 Å². The Kier molecular flexibility index (Phi) is 2.43. The molecule has 1 heteroatoms. The van der Waals surface area contributed by atoms with Gasteiger partial charge in [-0.15, -0.1) is 0 Å². The summed E-state index contributed by atoms with van der Waals surface area (Å²) in [6.45, 7) is 2.08. The van der Waals surface area contributed by atoms with Gasteiger partial charge in [-0.1, -0.05) is 23.8 Å². The molecule has 1 nitrogen and oxygen atoms in total. The van der Waals surface area contributed by atoms with Gasteiger partial charge in [0.25, 0.3) is 0 Å². The Balaban J connectivity index is 1.70. The van der Waals surface area contributed by atoms with Crippen molar-refractivity contribution in [2.75, 3.05) is 0 Å². The Bertz CT molecular complexity index is 493. The van der Waals surface area contributed by atoms with Gasteiger partial charge in [0.1, 0.15) is 0 Å². The predicted molar refractivity (Wildman–Crippen MR) is 76.1 cm³/mol. The maximum atomic E-state index is 13.1. The van der Waals surface area contributed by atoms with E-state index in [9.17, 15) is 4.79 Å². The van der Waals surface area contributed by atoms with Crippen LogP contribution in [0.5, 0.6) is 0 Å². The number of rotatable bonds is 2. The molecule has 5 rings (SSSR count). The van der Waals surface area contributed by atoms with Crippen molar-refractivity contribution >= 4 is 5.78 Å². The van der Waals surface area contributed by atoms with Crippen LogP contribution in [0.2, 0.25) is 0 Å². The minimum absolute atomic E-state index is 0.0164. The number of benzene rings is 1. The van der Waals surface area contributed by atoms with Crippen LogP contribution < -0.4 is 0 Å². The van der Waals surface area contributed by atoms with Crippen LogP contribution in [-0.4, -0.2) is 5.78 Å². The van der Waals surface area contributed by atoms with Gasteiger partial charge < -0.3 is 0 Å². The summed E-state index contributed by atoms with van der Waals surface area (Å²) in [5.74, 6) is 3.00. The van der Waals surface area contributed by atoms with E-state index in [4.69, 9.17) is 0 Å². The smallest absolute Gasteiger partial charge is 0.169 e. The number of hydrogen-bond acceptors (Lipinski definition) is 1. The van der Waals surface area contributed by atoms with E-state index in [1.807, 2.05) is 12.1 Å². The SMILES string of the molecule is Cc1cccc(C(=O)C23CC4CC(CC(C4)C2)C3)c1. The summed E-state index contributed by atoms with van der Waals surface area (Å²) in [5, 5.41) is 0. The highest BCUT2D eigenvalue weighted by atomic mass is 16.1. The molecular weight excluding hydrogens is 232 g/mol. The minimum atomic E-state index is 0.0164. The van der Waals surface area contributed by atoms with Crippen LogP contribution in [-0.2, 0) is 0 Å². The first-order chi connectivity index (χ1) is 9.14. The third-order valence-electron chi connectivity index (χ3n) is 5.80. The second-order valence-electron chi connectivity index (χ2n) is 7.40. The molecule has 4 fully saturated rings. The predicted octanol–water partition coefficient (Wildman–Crippen LogP) is 4.39. The lowest BCUT2D eigenvalue weighted by molar-refractivity contribution is -0.0353. The molecule has 0 unspecified atom stereocenters. The largest absolute Gasteiger partial charge is 0.294 e. The van der Waals surface area contributed by atoms with Gasteiger partial charge >= 0.3 is 0 Å². The first kappa shape index (κ1) is 11.7. The lowest BCUT2D eigenvalue weighted by Gasteiger charge is -2.56. The zero-order chi connectivity index (χ0) is 13.0. The molecule has 4 bridgehead atoms.